The van der Waals surface area contributed by atoms with Gasteiger partial charge in [-0.2, -0.15) is 10.2 Å². The molecule has 1 aromatic rings. The Morgan fingerprint density at radius 1 is 1.40 bits per heavy atom. The van der Waals surface area contributed by atoms with E-state index >= 15 is 0 Å². The molecule has 0 amide bonds. The molecule has 15 heavy (non-hydrogen) atoms. The summed E-state index contributed by atoms with van der Waals surface area (Å²) in [6.07, 6.45) is -1.26. The van der Waals surface area contributed by atoms with Gasteiger partial charge in [-0.25, -0.2) is 13.6 Å². The summed E-state index contributed by atoms with van der Waals surface area (Å²) in [5.74, 6) is 0. The first-order valence-corrected chi connectivity index (χ1v) is 5.93. The molecule has 0 aliphatic heterocycles. The molecule has 7 heteroatoms. The number of aryl methyl sites for hydroxylation is 1. The lowest BCUT2D eigenvalue weighted by Crippen LogP contribution is -2.31. The van der Waals surface area contributed by atoms with Crippen molar-refractivity contribution >= 4 is 10.0 Å². The molecule has 0 fully saturated rings. The third kappa shape index (κ3) is 2.95. The molecule has 0 aliphatic rings. The van der Waals surface area contributed by atoms with Crippen molar-refractivity contribution in [3.8, 4) is 0 Å². The predicted octanol–water partition coefficient (Wildman–Crippen LogP) is -0.505. The van der Waals surface area contributed by atoms with E-state index in [4.69, 9.17) is 5.14 Å². The molecule has 84 valence electrons. The monoisotopic (exact) mass is 231 g/mol. The Kier molecular flexibility index (Phi) is 3.38. The van der Waals surface area contributed by atoms with Crippen LogP contribution in [0.1, 0.15) is 24.4 Å². The highest BCUT2D eigenvalue weighted by Crippen LogP contribution is 2.17. The number of primary sulfonamides is 1. The second-order valence-electron chi connectivity index (χ2n) is 3.34. The number of nitrogens with two attached hydrogens (primary N) is 1. The fraction of sp³-hybridized carbons (Fsp3) is 0.500. The lowest BCUT2D eigenvalue weighted by Gasteiger charge is -2.15. The molecule has 0 radical (unpaired) electrons. The van der Waals surface area contributed by atoms with Crippen molar-refractivity contribution in [1.29, 1.82) is 0 Å². The van der Waals surface area contributed by atoms with E-state index < -0.39 is 21.4 Å². The maximum Gasteiger partial charge on any atom is 0.214 e. The van der Waals surface area contributed by atoms with Crippen LogP contribution in [0.2, 0.25) is 0 Å². The van der Waals surface area contributed by atoms with E-state index in [2.05, 4.69) is 10.2 Å². The molecule has 0 aliphatic carbocycles. The minimum Gasteiger partial charge on any atom is -0.385 e. The van der Waals surface area contributed by atoms with Crippen molar-refractivity contribution in [2.24, 2.45) is 5.14 Å². The third-order valence-corrected chi connectivity index (χ3v) is 3.38. The summed E-state index contributed by atoms with van der Waals surface area (Å²) in [7, 11) is -3.78. The Morgan fingerprint density at radius 3 is 2.40 bits per heavy atom. The van der Waals surface area contributed by atoms with Gasteiger partial charge in [0.05, 0.1) is 11.4 Å². The van der Waals surface area contributed by atoms with Gasteiger partial charge in [-0.15, -0.1) is 0 Å². The summed E-state index contributed by atoms with van der Waals surface area (Å²) in [6, 6.07) is 3.16. The van der Waals surface area contributed by atoms with Crippen molar-refractivity contribution in [1.82, 2.24) is 10.2 Å². The fourth-order valence-corrected chi connectivity index (χ4v) is 1.49. The number of sulfonamides is 1. The molecule has 1 heterocycles. The van der Waals surface area contributed by atoms with Crippen LogP contribution in [-0.2, 0) is 10.0 Å². The van der Waals surface area contributed by atoms with Gasteiger partial charge in [-0.3, -0.25) is 0 Å². The van der Waals surface area contributed by atoms with Gasteiger partial charge in [-0.1, -0.05) is 0 Å². The summed E-state index contributed by atoms with van der Waals surface area (Å²) >= 11 is 0. The summed E-state index contributed by atoms with van der Waals surface area (Å²) in [4.78, 5) is 0. The smallest absolute Gasteiger partial charge is 0.214 e. The Morgan fingerprint density at radius 2 is 2.00 bits per heavy atom. The maximum absolute atomic E-state index is 11.0. The molecule has 2 unspecified atom stereocenters. The van der Waals surface area contributed by atoms with Gasteiger partial charge in [0.1, 0.15) is 11.4 Å². The topological polar surface area (TPSA) is 106 Å². The van der Waals surface area contributed by atoms with Crippen LogP contribution in [0.5, 0.6) is 0 Å². The molecule has 0 saturated heterocycles. The highest BCUT2D eigenvalue weighted by molar-refractivity contribution is 7.89. The SMILES string of the molecule is Cc1ccc(C(O)C(C)S(N)(=O)=O)nn1. The van der Waals surface area contributed by atoms with Gasteiger partial charge >= 0.3 is 0 Å². The van der Waals surface area contributed by atoms with E-state index in [0.29, 0.717) is 5.69 Å². The van der Waals surface area contributed by atoms with Gasteiger partial charge in [0.2, 0.25) is 10.0 Å². The predicted molar refractivity (Wildman–Crippen MR) is 54.3 cm³/mol. The van der Waals surface area contributed by atoms with Gasteiger partial charge in [0.15, 0.2) is 0 Å². The Bertz CT molecular complexity index is 429. The second-order valence-corrected chi connectivity index (χ2v) is 5.26. The van der Waals surface area contributed by atoms with Crippen LogP contribution in [0.25, 0.3) is 0 Å². The molecule has 0 saturated carbocycles. The zero-order chi connectivity index (χ0) is 11.6. The first-order valence-electron chi connectivity index (χ1n) is 4.32. The number of rotatable bonds is 3. The molecule has 6 nitrogen and oxygen atoms in total. The lowest BCUT2D eigenvalue weighted by atomic mass is 10.2. The van der Waals surface area contributed by atoms with Crippen molar-refractivity contribution in [2.75, 3.05) is 0 Å². The largest absolute Gasteiger partial charge is 0.385 e. The van der Waals surface area contributed by atoms with Crippen LogP contribution in [0.4, 0.5) is 0 Å². The average molecular weight is 231 g/mol. The number of aliphatic hydroxyl groups excluding tert-OH is 1. The number of nitrogens with zero attached hydrogens (tertiary/aromatic N) is 2. The van der Waals surface area contributed by atoms with E-state index in [1.54, 1.807) is 13.0 Å². The second kappa shape index (κ2) is 4.21. The Labute approximate surface area is 88.2 Å². The summed E-state index contributed by atoms with van der Waals surface area (Å²) < 4.78 is 22.0. The number of hydrogen-bond donors (Lipinski definition) is 2. The highest BCUT2D eigenvalue weighted by Gasteiger charge is 2.27. The molecule has 2 atom stereocenters. The van der Waals surface area contributed by atoms with E-state index in [9.17, 15) is 13.5 Å². The molecule has 0 bridgehead atoms. The lowest BCUT2D eigenvalue weighted by molar-refractivity contribution is 0.170. The van der Waals surface area contributed by atoms with Crippen LogP contribution in [0.3, 0.4) is 0 Å². The average Bonchev–Trinajstić information content (AvgIpc) is 2.15. The zero-order valence-electron chi connectivity index (χ0n) is 8.45. The van der Waals surface area contributed by atoms with E-state index in [-0.39, 0.29) is 5.69 Å². The molecule has 0 aromatic carbocycles. The maximum atomic E-state index is 11.0. The van der Waals surface area contributed by atoms with Crippen molar-refractivity contribution < 1.29 is 13.5 Å². The van der Waals surface area contributed by atoms with Crippen LogP contribution in [0.15, 0.2) is 12.1 Å². The molecular formula is C8H13N3O3S. The molecular weight excluding hydrogens is 218 g/mol. The zero-order valence-corrected chi connectivity index (χ0v) is 9.27. The van der Waals surface area contributed by atoms with E-state index in [1.165, 1.54) is 13.0 Å². The molecule has 0 spiro atoms. The van der Waals surface area contributed by atoms with Crippen LogP contribution in [-0.4, -0.2) is 29.0 Å². The highest BCUT2D eigenvalue weighted by atomic mass is 32.2. The summed E-state index contributed by atoms with van der Waals surface area (Å²) in [6.45, 7) is 3.06. The van der Waals surface area contributed by atoms with Gasteiger partial charge < -0.3 is 5.11 Å². The quantitative estimate of drug-likeness (QED) is 0.729. The number of aromatic nitrogens is 2. The minimum absolute atomic E-state index is 0.196. The summed E-state index contributed by atoms with van der Waals surface area (Å²) in [5.41, 5.74) is 0.885. The first kappa shape index (κ1) is 12.0. The van der Waals surface area contributed by atoms with Crippen LogP contribution in [0, 0.1) is 6.92 Å². The van der Waals surface area contributed by atoms with Gasteiger partial charge in [0, 0.05) is 0 Å². The van der Waals surface area contributed by atoms with Crippen molar-refractivity contribution in [2.45, 2.75) is 25.2 Å². The molecule has 1 rings (SSSR count). The Hall–Kier alpha value is -1.05. The number of aliphatic hydroxyl groups is 1. The van der Waals surface area contributed by atoms with E-state index in [1.807, 2.05) is 0 Å². The first-order chi connectivity index (χ1) is 6.82. The van der Waals surface area contributed by atoms with Gasteiger partial charge in [-0.05, 0) is 26.0 Å². The third-order valence-electron chi connectivity index (χ3n) is 2.08. The van der Waals surface area contributed by atoms with Gasteiger partial charge in [0.25, 0.3) is 0 Å². The van der Waals surface area contributed by atoms with Crippen LogP contribution < -0.4 is 5.14 Å². The minimum atomic E-state index is -3.78. The van der Waals surface area contributed by atoms with E-state index in [0.717, 1.165) is 0 Å². The fourth-order valence-electron chi connectivity index (χ4n) is 0.987. The van der Waals surface area contributed by atoms with Crippen molar-refractivity contribution in [3.05, 3.63) is 23.5 Å². The Balaban J connectivity index is 2.95. The molecule has 3 N–H and O–H groups in total. The normalized spacial score (nSPS) is 16.0. The van der Waals surface area contributed by atoms with Crippen LogP contribution >= 0.6 is 0 Å². The summed E-state index contributed by atoms with van der Waals surface area (Å²) in [5, 5.41) is 20.9. The van der Waals surface area contributed by atoms with Crippen molar-refractivity contribution in [3.63, 3.8) is 0 Å². The number of hydrogen-bond acceptors (Lipinski definition) is 5. The molecule has 1 aromatic heterocycles. The standard InChI is InChI=1S/C8H13N3O3S/c1-5-3-4-7(11-10-5)8(12)6(2)15(9,13)14/h3-4,6,8,12H,1-2H3,(H2,9,13,14).